The molecule has 11 heavy (non-hydrogen) atoms. The molecule has 0 aliphatic heterocycles. The highest BCUT2D eigenvalue weighted by atomic mass is 35.5. The van der Waals surface area contributed by atoms with Gasteiger partial charge in [0.15, 0.2) is 0 Å². The van der Waals surface area contributed by atoms with E-state index in [9.17, 15) is 9.90 Å². The summed E-state index contributed by atoms with van der Waals surface area (Å²) in [6.07, 6.45) is 0. The van der Waals surface area contributed by atoms with Crippen molar-refractivity contribution in [2.45, 2.75) is 6.92 Å². The van der Waals surface area contributed by atoms with Crippen LogP contribution in [0.15, 0.2) is 18.2 Å². The first-order valence-electron chi connectivity index (χ1n) is 3.09. The average molecular weight is 170 g/mol. The molecule has 0 N–H and O–H groups in total. The van der Waals surface area contributed by atoms with E-state index < -0.39 is 5.97 Å². The fourth-order valence-electron chi connectivity index (χ4n) is 0.786. The van der Waals surface area contributed by atoms with Crippen LogP contribution >= 0.6 is 11.6 Å². The Balaban J connectivity index is 3.20. The molecular weight excluding hydrogens is 164 g/mol. The molecule has 0 spiro atoms. The molecular formula is C8H6ClO2-. The number of carboxylic acid groups (broad SMARTS) is 1. The number of carbonyl (C=O) groups is 1. The lowest BCUT2D eigenvalue weighted by atomic mass is 10.1. The van der Waals surface area contributed by atoms with E-state index in [1.807, 2.05) is 6.92 Å². The van der Waals surface area contributed by atoms with Gasteiger partial charge in [0.05, 0.1) is 5.97 Å². The van der Waals surface area contributed by atoms with Gasteiger partial charge in [-0.25, -0.2) is 0 Å². The van der Waals surface area contributed by atoms with E-state index in [-0.39, 0.29) is 10.6 Å². The van der Waals surface area contributed by atoms with Crippen molar-refractivity contribution in [3.63, 3.8) is 0 Å². The van der Waals surface area contributed by atoms with Crippen molar-refractivity contribution >= 4 is 17.6 Å². The van der Waals surface area contributed by atoms with Gasteiger partial charge in [0.25, 0.3) is 0 Å². The van der Waals surface area contributed by atoms with E-state index in [0.717, 1.165) is 5.56 Å². The second-order valence-electron chi connectivity index (χ2n) is 2.27. The molecule has 58 valence electrons. The minimum absolute atomic E-state index is 0.0391. The van der Waals surface area contributed by atoms with E-state index in [1.165, 1.54) is 6.07 Å². The van der Waals surface area contributed by atoms with Crippen molar-refractivity contribution in [2.75, 3.05) is 0 Å². The zero-order chi connectivity index (χ0) is 8.43. The summed E-state index contributed by atoms with van der Waals surface area (Å²) in [5.41, 5.74) is 0.970. The molecule has 0 unspecified atom stereocenters. The number of benzene rings is 1. The third kappa shape index (κ3) is 1.71. The number of aromatic carboxylic acids is 1. The van der Waals surface area contributed by atoms with Gasteiger partial charge < -0.3 is 9.90 Å². The first-order chi connectivity index (χ1) is 5.11. The van der Waals surface area contributed by atoms with Crippen LogP contribution in [0.25, 0.3) is 0 Å². The number of carbonyl (C=O) groups excluding carboxylic acids is 1. The third-order valence-electron chi connectivity index (χ3n) is 1.34. The van der Waals surface area contributed by atoms with Crippen LogP contribution in [0.2, 0.25) is 5.02 Å². The van der Waals surface area contributed by atoms with Crippen molar-refractivity contribution in [3.8, 4) is 0 Å². The predicted molar refractivity (Wildman–Crippen MR) is 40.5 cm³/mol. The standard InChI is InChI=1S/C8H7ClO2/c1-5-2-3-6(8(10)11)7(9)4-5/h2-4H,1H3,(H,10,11)/p-1. The van der Waals surface area contributed by atoms with E-state index in [2.05, 4.69) is 0 Å². The highest BCUT2D eigenvalue weighted by Gasteiger charge is 1.99. The second kappa shape index (κ2) is 2.93. The summed E-state index contributed by atoms with van der Waals surface area (Å²) in [5.74, 6) is -1.24. The van der Waals surface area contributed by atoms with Crippen LogP contribution in [-0.4, -0.2) is 5.97 Å². The topological polar surface area (TPSA) is 40.1 Å². The van der Waals surface area contributed by atoms with Gasteiger partial charge in [0.2, 0.25) is 0 Å². The van der Waals surface area contributed by atoms with Gasteiger partial charge in [0, 0.05) is 10.6 Å². The Morgan fingerprint density at radius 3 is 2.64 bits per heavy atom. The minimum atomic E-state index is -1.24. The summed E-state index contributed by atoms with van der Waals surface area (Å²) in [6.45, 7) is 1.84. The van der Waals surface area contributed by atoms with E-state index in [4.69, 9.17) is 11.6 Å². The first-order valence-corrected chi connectivity index (χ1v) is 3.46. The maximum absolute atomic E-state index is 10.3. The number of carboxylic acids is 1. The lowest BCUT2D eigenvalue weighted by Crippen LogP contribution is -2.22. The molecule has 0 amide bonds. The Morgan fingerprint density at radius 2 is 2.18 bits per heavy atom. The van der Waals surface area contributed by atoms with Gasteiger partial charge in [0.1, 0.15) is 0 Å². The number of rotatable bonds is 1. The number of halogens is 1. The lowest BCUT2D eigenvalue weighted by molar-refractivity contribution is -0.255. The van der Waals surface area contributed by atoms with Crippen molar-refractivity contribution in [3.05, 3.63) is 34.3 Å². The van der Waals surface area contributed by atoms with Gasteiger partial charge >= 0.3 is 0 Å². The van der Waals surface area contributed by atoms with Gasteiger partial charge in [-0.1, -0.05) is 23.7 Å². The van der Waals surface area contributed by atoms with Gasteiger partial charge in [-0.3, -0.25) is 0 Å². The monoisotopic (exact) mass is 169 g/mol. The van der Waals surface area contributed by atoms with Crippen molar-refractivity contribution in [2.24, 2.45) is 0 Å². The Bertz CT molecular complexity index is 294. The van der Waals surface area contributed by atoms with E-state index >= 15 is 0 Å². The fraction of sp³-hybridized carbons (Fsp3) is 0.125. The van der Waals surface area contributed by atoms with Crippen LogP contribution < -0.4 is 5.11 Å². The number of hydrogen-bond donors (Lipinski definition) is 0. The lowest BCUT2D eigenvalue weighted by Gasteiger charge is -2.04. The normalized spacial score (nSPS) is 9.64. The van der Waals surface area contributed by atoms with Crippen LogP contribution in [0, 0.1) is 6.92 Å². The molecule has 0 bridgehead atoms. The molecule has 0 heterocycles. The summed E-state index contributed by atoms with van der Waals surface area (Å²) in [6, 6.07) is 4.71. The molecule has 0 aromatic heterocycles. The molecule has 1 aromatic rings. The van der Waals surface area contributed by atoms with Crippen molar-refractivity contribution in [1.29, 1.82) is 0 Å². The molecule has 0 aliphatic carbocycles. The summed E-state index contributed by atoms with van der Waals surface area (Å²) in [7, 11) is 0. The summed E-state index contributed by atoms with van der Waals surface area (Å²) < 4.78 is 0. The fourth-order valence-corrected chi connectivity index (χ4v) is 1.10. The largest absolute Gasteiger partial charge is 0.545 e. The van der Waals surface area contributed by atoms with Crippen LogP contribution in [-0.2, 0) is 0 Å². The Kier molecular flexibility index (Phi) is 2.15. The highest BCUT2D eigenvalue weighted by molar-refractivity contribution is 6.33. The molecule has 0 atom stereocenters. The van der Waals surface area contributed by atoms with Crippen molar-refractivity contribution in [1.82, 2.24) is 0 Å². The first kappa shape index (κ1) is 8.08. The Morgan fingerprint density at radius 1 is 1.55 bits per heavy atom. The van der Waals surface area contributed by atoms with Crippen LogP contribution in [0.1, 0.15) is 15.9 Å². The third-order valence-corrected chi connectivity index (χ3v) is 1.66. The molecule has 0 radical (unpaired) electrons. The SMILES string of the molecule is Cc1ccc(C(=O)[O-])c(Cl)c1. The maximum Gasteiger partial charge on any atom is 0.0730 e. The van der Waals surface area contributed by atoms with Crippen LogP contribution in [0.5, 0.6) is 0 Å². The second-order valence-corrected chi connectivity index (χ2v) is 2.68. The molecule has 0 saturated carbocycles. The van der Waals surface area contributed by atoms with Crippen LogP contribution in [0.3, 0.4) is 0 Å². The summed E-state index contributed by atoms with van der Waals surface area (Å²) in [4.78, 5) is 10.3. The Labute approximate surface area is 69.4 Å². The molecule has 3 heteroatoms. The average Bonchev–Trinajstić information content (AvgIpc) is 1.85. The molecule has 1 aromatic carbocycles. The van der Waals surface area contributed by atoms with Crippen LogP contribution in [0.4, 0.5) is 0 Å². The smallest absolute Gasteiger partial charge is 0.0730 e. The number of aryl methyl sites for hydroxylation is 1. The van der Waals surface area contributed by atoms with Gasteiger partial charge in [-0.05, 0) is 18.6 Å². The zero-order valence-electron chi connectivity index (χ0n) is 5.93. The maximum atomic E-state index is 10.3. The molecule has 2 nitrogen and oxygen atoms in total. The summed E-state index contributed by atoms with van der Waals surface area (Å²) >= 11 is 5.60. The molecule has 1 rings (SSSR count). The van der Waals surface area contributed by atoms with Crippen molar-refractivity contribution < 1.29 is 9.90 Å². The molecule has 0 saturated heterocycles. The molecule has 0 fully saturated rings. The minimum Gasteiger partial charge on any atom is -0.545 e. The zero-order valence-corrected chi connectivity index (χ0v) is 6.68. The summed E-state index contributed by atoms with van der Waals surface area (Å²) in [5, 5.41) is 10.6. The highest BCUT2D eigenvalue weighted by Crippen LogP contribution is 2.16. The molecule has 0 aliphatic rings. The van der Waals surface area contributed by atoms with Gasteiger partial charge in [-0.2, -0.15) is 0 Å². The number of hydrogen-bond acceptors (Lipinski definition) is 2. The van der Waals surface area contributed by atoms with Gasteiger partial charge in [-0.15, -0.1) is 0 Å². The predicted octanol–water partition coefficient (Wildman–Crippen LogP) is 1.01. The van der Waals surface area contributed by atoms with E-state index in [0.29, 0.717) is 0 Å². The Hall–Kier alpha value is -1.02. The quantitative estimate of drug-likeness (QED) is 0.630. The van der Waals surface area contributed by atoms with E-state index in [1.54, 1.807) is 12.1 Å².